The molecular weight excluding hydrogens is 412 g/mol. The summed E-state index contributed by atoms with van der Waals surface area (Å²) in [6.45, 7) is 4.99. The van der Waals surface area contributed by atoms with E-state index in [9.17, 15) is 4.79 Å². The highest BCUT2D eigenvalue weighted by Crippen LogP contribution is 2.36. The van der Waals surface area contributed by atoms with E-state index in [1.807, 2.05) is 59.3 Å². The van der Waals surface area contributed by atoms with Crippen molar-refractivity contribution in [3.05, 3.63) is 89.5 Å². The summed E-state index contributed by atoms with van der Waals surface area (Å²) in [5.74, 6) is 2.02. The van der Waals surface area contributed by atoms with Gasteiger partial charge in [-0.1, -0.05) is 44.2 Å². The third-order valence-electron chi connectivity index (χ3n) is 5.95. The third-order valence-corrected chi connectivity index (χ3v) is 5.95. The molecule has 6 nitrogen and oxygen atoms in total. The van der Waals surface area contributed by atoms with Crippen LogP contribution < -0.4 is 15.8 Å². The molecule has 0 spiro atoms. The standard InChI is InChI=1S/C27H26N4O2/c1-17(2)20-9-8-18-14-15-31-27(29-23(18)16-20)24(26(28)32)25(30-31)19-10-12-22(13-11-19)33-21-6-4-3-5-7-21/h3-13,16-17,29H,14-15H2,1-2H3,(H2,28,32). The molecule has 5 rings (SSSR count). The average molecular weight is 439 g/mol. The van der Waals surface area contributed by atoms with Gasteiger partial charge in [-0.25, -0.2) is 4.68 Å². The van der Waals surface area contributed by atoms with Gasteiger partial charge in [-0.05, 0) is 65.9 Å². The number of hydrogen-bond donors (Lipinski definition) is 2. The van der Waals surface area contributed by atoms with Crippen molar-refractivity contribution in [2.24, 2.45) is 5.73 Å². The Balaban J connectivity index is 1.50. The van der Waals surface area contributed by atoms with Crippen LogP contribution in [0.15, 0.2) is 72.8 Å². The zero-order valence-electron chi connectivity index (χ0n) is 18.7. The molecule has 1 aromatic heterocycles. The molecule has 166 valence electrons. The zero-order valence-corrected chi connectivity index (χ0v) is 18.7. The van der Waals surface area contributed by atoms with Gasteiger partial charge in [0.1, 0.15) is 28.6 Å². The minimum absolute atomic E-state index is 0.398. The molecule has 3 N–H and O–H groups in total. The summed E-state index contributed by atoms with van der Waals surface area (Å²) in [4.78, 5) is 12.5. The Bertz CT molecular complexity index is 1310. The van der Waals surface area contributed by atoms with Crippen molar-refractivity contribution in [2.75, 3.05) is 5.32 Å². The normalized spacial score (nSPS) is 12.5. The predicted octanol–water partition coefficient (Wildman–Crippen LogP) is 5.86. The lowest BCUT2D eigenvalue weighted by molar-refractivity contribution is 0.100. The second-order valence-corrected chi connectivity index (χ2v) is 8.55. The molecule has 0 saturated carbocycles. The van der Waals surface area contributed by atoms with Crippen molar-refractivity contribution < 1.29 is 9.53 Å². The Hall–Kier alpha value is -4.06. The van der Waals surface area contributed by atoms with E-state index in [-0.39, 0.29) is 0 Å². The average Bonchev–Trinajstić information content (AvgIpc) is 3.08. The second kappa shape index (κ2) is 8.47. The number of benzene rings is 3. The highest BCUT2D eigenvalue weighted by molar-refractivity contribution is 6.04. The first kappa shape index (κ1) is 20.8. The third kappa shape index (κ3) is 4.07. The highest BCUT2D eigenvalue weighted by Gasteiger charge is 2.26. The van der Waals surface area contributed by atoms with Crippen LogP contribution in [0.5, 0.6) is 11.5 Å². The van der Waals surface area contributed by atoms with Gasteiger partial charge in [0.05, 0.1) is 0 Å². The molecule has 2 heterocycles. The van der Waals surface area contributed by atoms with E-state index in [2.05, 4.69) is 37.4 Å². The number of anilines is 2. The summed E-state index contributed by atoms with van der Waals surface area (Å²) in [6, 6.07) is 23.6. The van der Waals surface area contributed by atoms with Crippen LogP contribution in [0.1, 0.15) is 41.3 Å². The number of carbonyl (C=O) groups excluding carboxylic acids is 1. The summed E-state index contributed by atoms with van der Waals surface area (Å²) in [6.07, 6.45) is 0.816. The molecule has 1 amide bonds. The largest absolute Gasteiger partial charge is 0.457 e. The van der Waals surface area contributed by atoms with Crippen LogP contribution in [0.25, 0.3) is 11.3 Å². The monoisotopic (exact) mass is 438 g/mol. The number of nitrogens with zero attached hydrogens (tertiary/aromatic N) is 2. The number of hydrogen-bond acceptors (Lipinski definition) is 4. The maximum atomic E-state index is 12.5. The fourth-order valence-electron chi connectivity index (χ4n) is 4.13. The van der Waals surface area contributed by atoms with Crippen molar-refractivity contribution in [3.63, 3.8) is 0 Å². The highest BCUT2D eigenvalue weighted by atomic mass is 16.5. The minimum Gasteiger partial charge on any atom is -0.457 e. The molecule has 0 fully saturated rings. The molecule has 0 radical (unpaired) electrons. The first-order valence-electron chi connectivity index (χ1n) is 11.1. The van der Waals surface area contributed by atoms with Crippen LogP contribution in [0.4, 0.5) is 11.5 Å². The molecule has 33 heavy (non-hydrogen) atoms. The van der Waals surface area contributed by atoms with Crippen LogP contribution in [-0.4, -0.2) is 15.7 Å². The summed E-state index contributed by atoms with van der Waals surface area (Å²) < 4.78 is 7.73. The van der Waals surface area contributed by atoms with Crippen LogP contribution in [0, 0.1) is 0 Å². The molecule has 0 aliphatic carbocycles. The van der Waals surface area contributed by atoms with E-state index in [0.717, 1.165) is 23.4 Å². The molecule has 6 heteroatoms. The summed E-state index contributed by atoms with van der Waals surface area (Å²) >= 11 is 0. The number of fused-ring (bicyclic) bond motifs is 2. The molecule has 1 aliphatic rings. The van der Waals surface area contributed by atoms with E-state index in [4.69, 9.17) is 15.6 Å². The van der Waals surface area contributed by atoms with E-state index in [1.165, 1.54) is 11.1 Å². The summed E-state index contributed by atoms with van der Waals surface area (Å²) in [5, 5.41) is 8.23. The second-order valence-electron chi connectivity index (χ2n) is 8.55. The SMILES string of the molecule is CC(C)c1ccc2c(c1)Nc1c(C(N)=O)c(-c3ccc(Oc4ccccc4)cc3)nn1CC2. The summed E-state index contributed by atoms with van der Waals surface area (Å²) in [7, 11) is 0. The molecular formula is C27H26N4O2. The number of amides is 1. The Morgan fingerprint density at radius 1 is 1.03 bits per heavy atom. The maximum absolute atomic E-state index is 12.5. The number of rotatable bonds is 5. The minimum atomic E-state index is -0.508. The molecule has 1 aliphatic heterocycles. The van der Waals surface area contributed by atoms with Crippen molar-refractivity contribution in [1.29, 1.82) is 0 Å². The van der Waals surface area contributed by atoms with E-state index < -0.39 is 5.91 Å². The molecule has 0 unspecified atom stereocenters. The van der Waals surface area contributed by atoms with Crippen molar-refractivity contribution in [1.82, 2.24) is 9.78 Å². The molecule has 0 saturated heterocycles. The molecule has 4 aromatic rings. The van der Waals surface area contributed by atoms with E-state index in [0.29, 0.717) is 35.3 Å². The number of para-hydroxylation sites is 1. The van der Waals surface area contributed by atoms with Gasteiger partial charge in [0.15, 0.2) is 0 Å². The quantitative estimate of drug-likeness (QED) is 0.409. The van der Waals surface area contributed by atoms with Gasteiger partial charge in [0.2, 0.25) is 0 Å². The Labute approximate surface area is 193 Å². The van der Waals surface area contributed by atoms with Crippen LogP contribution >= 0.6 is 0 Å². The van der Waals surface area contributed by atoms with Crippen LogP contribution in [0.3, 0.4) is 0 Å². The number of aryl methyl sites for hydroxylation is 2. The number of primary amides is 1. The number of nitrogens with two attached hydrogens (primary N) is 1. The lowest BCUT2D eigenvalue weighted by Crippen LogP contribution is -2.14. The van der Waals surface area contributed by atoms with Crippen LogP contribution in [0.2, 0.25) is 0 Å². The number of aromatic nitrogens is 2. The van der Waals surface area contributed by atoms with Gasteiger partial charge in [0.25, 0.3) is 5.91 Å². The predicted molar refractivity (Wildman–Crippen MR) is 130 cm³/mol. The van der Waals surface area contributed by atoms with Gasteiger partial charge in [-0.15, -0.1) is 0 Å². The van der Waals surface area contributed by atoms with Gasteiger partial charge >= 0.3 is 0 Å². The number of nitrogens with one attached hydrogen (secondary N) is 1. The van der Waals surface area contributed by atoms with Gasteiger partial charge < -0.3 is 15.8 Å². The zero-order chi connectivity index (χ0) is 22.9. The summed E-state index contributed by atoms with van der Waals surface area (Å²) in [5.41, 5.74) is 11.1. The first-order valence-corrected chi connectivity index (χ1v) is 11.1. The first-order chi connectivity index (χ1) is 16.0. The van der Waals surface area contributed by atoms with E-state index in [1.54, 1.807) is 0 Å². The lowest BCUT2D eigenvalue weighted by Gasteiger charge is -2.13. The van der Waals surface area contributed by atoms with Crippen LogP contribution in [-0.2, 0) is 13.0 Å². The Kier molecular flexibility index (Phi) is 5.34. The van der Waals surface area contributed by atoms with Crippen molar-refractivity contribution in [3.8, 4) is 22.8 Å². The van der Waals surface area contributed by atoms with Gasteiger partial charge in [-0.3, -0.25) is 4.79 Å². The fourth-order valence-corrected chi connectivity index (χ4v) is 4.13. The fraction of sp³-hybridized carbons (Fsp3) is 0.185. The molecule has 0 atom stereocenters. The van der Waals surface area contributed by atoms with Crippen molar-refractivity contribution in [2.45, 2.75) is 32.7 Å². The molecule has 0 bridgehead atoms. The number of ether oxygens (including phenoxy) is 1. The van der Waals surface area contributed by atoms with E-state index >= 15 is 0 Å². The number of carbonyl (C=O) groups is 1. The van der Waals surface area contributed by atoms with Gasteiger partial charge in [0, 0.05) is 17.8 Å². The maximum Gasteiger partial charge on any atom is 0.254 e. The van der Waals surface area contributed by atoms with Crippen molar-refractivity contribution >= 4 is 17.4 Å². The Morgan fingerprint density at radius 2 is 1.76 bits per heavy atom. The lowest BCUT2D eigenvalue weighted by atomic mass is 9.99. The Morgan fingerprint density at radius 3 is 2.45 bits per heavy atom. The van der Waals surface area contributed by atoms with Gasteiger partial charge in [-0.2, -0.15) is 5.10 Å². The topological polar surface area (TPSA) is 82.2 Å². The smallest absolute Gasteiger partial charge is 0.254 e. The molecule has 3 aromatic carbocycles.